The van der Waals surface area contributed by atoms with Gasteiger partial charge in [-0.2, -0.15) is 0 Å². The molecule has 0 unspecified atom stereocenters. The number of methoxy groups -OCH3 is 1. The number of hydrogen-bond acceptors (Lipinski definition) is 4. The number of carbonyl (C=O) groups is 3. The lowest BCUT2D eigenvalue weighted by atomic mass is 10.2. The van der Waals surface area contributed by atoms with E-state index in [1.54, 1.807) is 13.8 Å². The molecule has 0 fully saturated rings. The summed E-state index contributed by atoms with van der Waals surface area (Å²) in [6.45, 7) is 10.0. The fourth-order valence-corrected chi connectivity index (χ4v) is 0.737. The second-order valence-corrected chi connectivity index (χ2v) is 3.55. The van der Waals surface area contributed by atoms with Crippen LogP contribution < -0.4 is 10.6 Å². The monoisotopic (exact) mass is 240 g/mol. The van der Waals surface area contributed by atoms with E-state index in [9.17, 15) is 14.4 Å². The van der Waals surface area contributed by atoms with Crippen molar-refractivity contribution in [2.24, 2.45) is 5.92 Å². The van der Waals surface area contributed by atoms with Gasteiger partial charge < -0.3 is 15.4 Å². The molecular weight excluding hydrogens is 224 g/mol. The van der Waals surface area contributed by atoms with E-state index in [1.807, 2.05) is 0 Å². The summed E-state index contributed by atoms with van der Waals surface area (Å²) < 4.78 is 4.34. The molecule has 0 bridgehead atoms. The van der Waals surface area contributed by atoms with E-state index in [0.29, 0.717) is 0 Å². The van der Waals surface area contributed by atoms with Gasteiger partial charge in [0, 0.05) is 5.92 Å². The minimum absolute atomic E-state index is 0.159. The smallest absolute Gasteiger partial charge is 0.353 e. The summed E-state index contributed by atoms with van der Waals surface area (Å²) in [5.41, 5.74) is -0.383. The minimum atomic E-state index is -0.763. The van der Waals surface area contributed by atoms with Crippen molar-refractivity contribution in [2.75, 3.05) is 7.11 Å². The fraction of sp³-hybridized carbons (Fsp3) is 0.364. The molecule has 0 aliphatic carbocycles. The third-order valence-electron chi connectivity index (χ3n) is 1.77. The highest BCUT2D eigenvalue weighted by Crippen LogP contribution is 1.96. The van der Waals surface area contributed by atoms with Crippen LogP contribution in [0.15, 0.2) is 24.6 Å². The fourth-order valence-electron chi connectivity index (χ4n) is 0.737. The largest absolute Gasteiger partial charge is 0.464 e. The van der Waals surface area contributed by atoms with Crippen LogP contribution >= 0.6 is 0 Å². The van der Waals surface area contributed by atoms with E-state index in [-0.39, 0.29) is 23.2 Å². The summed E-state index contributed by atoms with van der Waals surface area (Å²) in [4.78, 5) is 33.7. The first kappa shape index (κ1) is 14.9. The van der Waals surface area contributed by atoms with Gasteiger partial charge in [-0.25, -0.2) is 4.79 Å². The van der Waals surface area contributed by atoms with E-state index in [0.717, 1.165) is 7.11 Å². The van der Waals surface area contributed by atoms with Crippen molar-refractivity contribution in [2.45, 2.75) is 13.8 Å². The van der Waals surface area contributed by atoms with Crippen molar-refractivity contribution >= 4 is 17.8 Å². The molecule has 2 amide bonds. The number of rotatable bonds is 5. The molecule has 0 spiro atoms. The lowest BCUT2D eigenvalue weighted by Gasteiger charge is -2.11. The molecule has 0 aromatic rings. The van der Waals surface area contributed by atoms with Crippen LogP contribution in [-0.4, -0.2) is 24.9 Å². The predicted octanol–water partition coefficient (Wildman–Crippen LogP) is 0.0752. The number of nitrogens with one attached hydrogen (secondary N) is 2. The van der Waals surface area contributed by atoms with Gasteiger partial charge in [-0.05, 0) is 0 Å². The summed E-state index contributed by atoms with van der Waals surface area (Å²) in [6.07, 6.45) is 0. The maximum absolute atomic E-state index is 11.4. The molecule has 0 radical (unpaired) electrons. The predicted molar refractivity (Wildman–Crippen MR) is 61.4 cm³/mol. The molecule has 0 atom stereocenters. The van der Waals surface area contributed by atoms with Gasteiger partial charge >= 0.3 is 5.97 Å². The van der Waals surface area contributed by atoms with Gasteiger partial charge in [-0.1, -0.05) is 27.0 Å². The highest BCUT2D eigenvalue weighted by atomic mass is 16.5. The van der Waals surface area contributed by atoms with Gasteiger partial charge in [0.2, 0.25) is 5.91 Å². The van der Waals surface area contributed by atoms with Crippen LogP contribution in [0.1, 0.15) is 13.8 Å². The number of ether oxygens (including phenoxy) is 1. The number of amides is 2. The van der Waals surface area contributed by atoms with Crippen molar-refractivity contribution in [1.82, 2.24) is 10.6 Å². The van der Waals surface area contributed by atoms with Crippen LogP contribution in [0.2, 0.25) is 0 Å². The summed E-state index contributed by atoms with van der Waals surface area (Å²) in [6, 6.07) is 0. The van der Waals surface area contributed by atoms with Crippen LogP contribution in [0, 0.1) is 5.92 Å². The molecule has 6 heteroatoms. The van der Waals surface area contributed by atoms with Crippen molar-refractivity contribution < 1.29 is 19.1 Å². The highest BCUT2D eigenvalue weighted by Gasteiger charge is 2.16. The second-order valence-electron chi connectivity index (χ2n) is 3.55. The molecule has 0 aromatic carbocycles. The zero-order valence-electron chi connectivity index (χ0n) is 10.1. The highest BCUT2D eigenvalue weighted by molar-refractivity contribution is 6.02. The Morgan fingerprint density at radius 3 is 2.00 bits per heavy atom. The van der Waals surface area contributed by atoms with E-state index >= 15 is 0 Å². The molecule has 2 N–H and O–H groups in total. The number of esters is 1. The van der Waals surface area contributed by atoms with Crippen LogP contribution in [0.5, 0.6) is 0 Å². The molecule has 0 saturated carbocycles. The van der Waals surface area contributed by atoms with Crippen LogP contribution in [-0.2, 0) is 19.1 Å². The number of hydrogen-bond donors (Lipinski definition) is 2. The van der Waals surface area contributed by atoms with Crippen molar-refractivity contribution in [1.29, 1.82) is 0 Å². The molecule has 0 aliphatic rings. The Balaban J connectivity index is 4.34. The van der Waals surface area contributed by atoms with Gasteiger partial charge in [-0.15, -0.1) is 0 Å². The van der Waals surface area contributed by atoms with Crippen LogP contribution in [0.3, 0.4) is 0 Å². The molecular formula is C11H16N2O4. The summed E-state index contributed by atoms with van der Waals surface area (Å²) >= 11 is 0. The Kier molecular flexibility index (Phi) is 5.66. The Morgan fingerprint density at radius 1 is 1.06 bits per heavy atom. The lowest BCUT2D eigenvalue weighted by Crippen LogP contribution is -2.37. The normalized spacial score (nSPS) is 9.41. The van der Waals surface area contributed by atoms with Crippen LogP contribution in [0.25, 0.3) is 0 Å². The molecule has 17 heavy (non-hydrogen) atoms. The van der Waals surface area contributed by atoms with Crippen LogP contribution in [0.4, 0.5) is 0 Å². The Bertz CT molecular complexity index is 372. The van der Waals surface area contributed by atoms with Gasteiger partial charge in [-0.3, -0.25) is 9.59 Å². The summed E-state index contributed by atoms with van der Waals surface area (Å²) in [5.74, 6) is -2.09. The van der Waals surface area contributed by atoms with Gasteiger partial charge in [0.15, 0.2) is 0 Å². The first-order valence-corrected chi connectivity index (χ1v) is 4.88. The SMILES string of the molecule is C=C(NC(=O)C(C)C)C(=O)NC(=C)C(=O)OC. The zero-order chi connectivity index (χ0) is 13.6. The van der Waals surface area contributed by atoms with Gasteiger partial charge in [0.05, 0.1) is 12.8 Å². The van der Waals surface area contributed by atoms with E-state index < -0.39 is 11.9 Å². The Morgan fingerprint density at radius 2 is 1.59 bits per heavy atom. The average Bonchev–Trinajstić information content (AvgIpc) is 2.27. The molecule has 0 heterocycles. The maximum Gasteiger partial charge on any atom is 0.353 e. The molecule has 0 aromatic heterocycles. The molecule has 0 rings (SSSR count). The van der Waals surface area contributed by atoms with E-state index in [2.05, 4.69) is 28.5 Å². The van der Waals surface area contributed by atoms with Gasteiger partial charge in [0.25, 0.3) is 5.91 Å². The second kappa shape index (κ2) is 6.47. The Hall–Kier alpha value is -2.11. The standard InChI is InChI=1S/C11H16N2O4/c1-6(2)9(14)12-7(3)10(15)13-8(4)11(16)17-5/h6H,3-4H2,1-2,5H3,(H,12,14)(H,13,15). The van der Waals surface area contributed by atoms with Gasteiger partial charge in [0.1, 0.15) is 5.70 Å². The first-order chi connectivity index (χ1) is 7.79. The summed E-state index contributed by atoms with van der Waals surface area (Å²) in [5, 5.41) is 4.46. The third-order valence-corrected chi connectivity index (χ3v) is 1.77. The molecule has 0 aliphatic heterocycles. The van der Waals surface area contributed by atoms with Crippen molar-refractivity contribution in [3.63, 3.8) is 0 Å². The third kappa shape index (κ3) is 4.96. The molecule has 6 nitrogen and oxygen atoms in total. The lowest BCUT2D eigenvalue weighted by molar-refractivity contribution is -0.137. The first-order valence-electron chi connectivity index (χ1n) is 4.88. The Labute approximate surface area is 99.7 Å². The molecule has 94 valence electrons. The zero-order valence-corrected chi connectivity index (χ0v) is 10.1. The van der Waals surface area contributed by atoms with Crippen molar-refractivity contribution in [3.05, 3.63) is 24.6 Å². The minimum Gasteiger partial charge on any atom is -0.464 e. The van der Waals surface area contributed by atoms with Crippen molar-refractivity contribution in [3.8, 4) is 0 Å². The maximum atomic E-state index is 11.4. The summed E-state index contributed by atoms with van der Waals surface area (Å²) in [7, 11) is 1.16. The average molecular weight is 240 g/mol. The quantitative estimate of drug-likeness (QED) is 0.526. The van der Waals surface area contributed by atoms with E-state index in [4.69, 9.17) is 0 Å². The molecule has 0 saturated heterocycles. The van der Waals surface area contributed by atoms with E-state index in [1.165, 1.54) is 0 Å². The topological polar surface area (TPSA) is 84.5 Å². The number of carbonyl (C=O) groups excluding carboxylic acids is 3.